The number of carbonyl (C=O) groups excluding carboxylic acids is 2. The highest BCUT2D eigenvalue weighted by Gasteiger charge is 2.23. The molecular weight excluding hydrogens is 270 g/mol. The Balaban J connectivity index is 2.58. The SMILES string of the molecule is COC(=O)c1cc2cccc(C(=O)OC(C)(C)C)c2n1C. The number of para-hydroxylation sites is 1. The second-order valence-electron chi connectivity index (χ2n) is 5.83. The molecule has 1 aromatic heterocycles. The highest BCUT2D eigenvalue weighted by molar-refractivity contribution is 6.06. The van der Waals surface area contributed by atoms with Gasteiger partial charge in [-0.2, -0.15) is 0 Å². The number of methoxy groups -OCH3 is 1. The summed E-state index contributed by atoms with van der Waals surface area (Å²) in [6.07, 6.45) is 0. The maximum Gasteiger partial charge on any atom is 0.354 e. The molecule has 21 heavy (non-hydrogen) atoms. The van der Waals surface area contributed by atoms with Crippen molar-refractivity contribution >= 4 is 22.8 Å². The molecular formula is C16H19NO4. The minimum atomic E-state index is -0.574. The van der Waals surface area contributed by atoms with E-state index in [1.165, 1.54) is 7.11 Å². The second-order valence-corrected chi connectivity index (χ2v) is 5.83. The number of aryl methyl sites for hydroxylation is 1. The fraction of sp³-hybridized carbons (Fsp3) is 0.375. The average Bonchev–Trinajstić information content (AvgIpc) is 2.73. The molecule has 2 aromatic rings. The first-order valence-electron chi connectivity index (χ1n) is 6.64. The second kappa shape index (κ2) is 5.24. The first-order valence-corrected chi connectivity index (χ1v) is 6.64. The van der Waals surface area contributed by atoms with E-state index in [1.807, 2.05) is 26.8 Å². The molecule has 0 aliphatic carbocycles. The summed E-state index contributed by atoms with van der Waals surface area (Å²) in [5.74, 6) is -0.852. The number of fused-ring (bicyclic) bond motifs is 1. The lowest BCUT2D eigenvalue weighted by Gasteiger charge is -2.20. The molecule has 0 aliphatic heterocycles. The zero-order valence-corrected chi connectivity index (χ0v) is 12.9. The lowest BCUT2D eigenvalue weighted by atomic mass is 10.1. The summed E-state index contributed by atoms with van der Waals surface area (Å²) in [6, 6.07) is 7.00. The normalized spacial score (nSPS) is 11.5. The highest BCUT2D eigenvalue weighted by Crippen LogP contribution is 2.25. The van der Waals surface area contributed by atoms with Gasteiger partial charge in [0.05, 0.1) is 18.2 Å². The molecule has 0 radical (unpaired) electrons. The minimum Gasteiger partial charge on any atom is -0.464 e. The third-order valence-electron chi connectivity index (χ3n) is 3.07. The predicted molar refractivity (Wildman–Crippen MR) is 79.4 cm³/mol. The molecule has 112 valence electrons. The van der Waals surface area contributed by atoms with E-state index in [0.29, 0.717) is 16.8 Å². The molecule has 0 saturated heterocycles. The van der Waals surface area contributed by atoms with Gasteiger partial charge in [-0.1, -0.05) is 12.1 Å². The Morgan fingerprint density at radius 3 is 2.38 bits per heavy atom. The van der Waals surface area contributed by atoms with E-state index in [9.17, 15) is 9.59 Å². The van der Waals surface area contributed by atoms with E-state index in [4.69, 9.17) is 9.47 Å². The van der Waals surface area contributed by atoms with Crippen LogP contribution in [0.3, 0.4) is 0 Å². The summed E-state index contributed by atoms with van der Waals surface area (Å²) in [7, 11) is 3.05. The van der Waals surface area contributed by atoms with Crippen molar-refractivity contribution < 1.29 is 19.1 Å². The Kier molecular flexibility index (Phi) is 3.77. The topological polar surface area (TPSA) is 57.5 Å². The number of ether oxygens (including phenoxy) is 2. The van der Waals surface area contributed by atoms with Gasteiger partial charge in [0.1, 0.15) is 11.3 Å². The molecule has 0 fully saturated rings. The fourth-order valence-electron chi connectivity index (χ4n) is 2.21. The molecule has 1 heterocycles. The largest absolute Gasteiger partial charge is 0.464 e. The lowest BCUT2D eigenvalue weighted by molar-refractivity contribution is 0.00710. The quantitative estimate of drug-likeness (QED) is 0.798. The number of nitrogens with zero attached hydrogens (tertiary/aromatic N) is 1. The van der Waals surface area contributed by atoms with Gasteiger partial charge in [-0.15, -0.1) is 0 Å². The van der Waals surface area contributed by atoms with Gasteiger partial charge in [-0.3, -0.25) is 0 Å². The molecule has 5 heteroatoms. The zero-order valence-electron chi connectivity index (χ0n) is 12.9. The number of hydrogen-bond donors (Lipinski definition) is 0. The van der Waals surface area contributed by atoms with Crippen LogP contribution in [0, 0.1) is 0 Å². The van der Waals surface area contributed by atoms with E-state index >= 15 is 0 Å². The van der Waals surface area contributed by atoms with Crippen molar-refractivity contribution in [3.05, 3.63) is 35.5 Å². The summed E-state index contributed by atoms with van der Waals surface area (Å²) in [4.78, 5) is 24.1. The van der Waals surface area contributed by atoms with Gasteiger partial charge >= 0.3 is 11.9 Å². The number of aromatic nitrogens is 1. The van der Waals surface area contributed by atoms with Crippen LogP contribution in [0.4, 0.5) is 0 Å². The lowest BCUT2D eigenvalue weighted by Crippen LogP contribution is -2.24. The smallest absolute Gasteiger partial charge is 0.354 e. The van der Waals surface area contributed by atoms with Crippen LogP contribution in [-0.2, 0) is 16.5 Å². The summed E-state index contributed by atoms with van der Waals surface area (Å²) in [5.41, 5.74) is 0.908. The van der Waals surface area contributed by atoms with Crippen molar-refractivity contribution in [3.8, 4) is 0 Å². The molecule has 5 nitrogen and oxygen atoms in total. The van der Waals surface area contributed by atoms with Crippen LogP contribution >= 0.6 is 0 Å². The monoisotopic (exact) mass is 289 g/mol. The van der Waals surface area contributed by atoms with Gasteiger partial charge in [0.15, 0.2) is 0 Å². The maximum atomic E-state index is 12.3. The molecule has 1 aromatic carbocycles. The van der Waals surface area contributed by atoms with E-state index in [0.717, 1.165) is 5.39 Å². The minimum absolute atomic E-state index is 0.392. The van der Waals surface area contributed by atoms with Gasteiger partial charge in [-0.05, 0) is 32.9 Å². The van der Waals surface area contributed by atoms with Crippen molar-refractivity contribution in [1.29, 1.82) is 0 Å². The Morgan fingerprint density at radius 2 is 1.81 bits per heavy atom. The number of benzene rings is 1. The third kappa shape index (κ3) is 2.91. The maximum absolute atomic E-state index is 12.3. The van der Waals surface area contributed by atoms with E-state index in [2.05, 4.69) is 0 Å². The van der Waals surface area contributed by atoms with E-state index < -0.39 is 17.5 Å². The Hall–Kier alpha value is -2.30. The van der Waals surface area contributed by atoms with Crippen LogP contribution in [0.5, 0.6) is 0 Å². The molecule has 0 amide bonds. The molecule has 0 N–H and O–H groups in total. The number of hydrogen-bond acceptors (Lipinski definition) is 4. The summed E-state index contributed by atoms with van der Waals surface area (Å²) >= 11 is 0. The van der Waals surface area contributed by atoms with Crippen LogP contribution in [0.1, 0.15) is 41.6 Å². The van der Waals surface area contributed by atoms with Crippen molar-refractivity contribution in [2.45, 2.75) is 26.4 Å². The summed E-state index contributed by atoms with van der Waals surface area (Å²) in [6.45, 7) is 5.45. The first kappa shape index (κ1) is 15.1. The average molecular weight is 289 g/mol. The fourth-order valence-corrected chi connectivity index (χ4v) is 2.21. The van der Waals surface area contributed by atoms with Gasteiger partial charge in [0.25, 0.3) is 0 Å². The molecule has 0 saturated carbocycles. The zero-order chi connectivity index (χ0) is 15.8. The van der Waals surface area contributed by atoms with Crippen LogP contribution in [-0.4, -0.2) is 29.2 Å². The number of carbonyl (C=O) groups is 2. The van der Waals surface area contributed by atoms with E-state index in [-0.39, 0.29) is 0 Å². The van der Waals surface area contributed by atoms with Crippen LogP contribution in [0.15, 0.2) is 24.3 Å². The summed E-state index contributed by atoms with van der Waals surface area (Å²) in [5, 5.41) is 0.793. The first-order chi connectivity index (χ1) is 9.74. The van der Waals surface area contributed by atoms with Crippen molar-refractivity contribution in [2.24, 2.45) is 7.05 Å². The number of esters is 2. The van der Waals surface area contributed by atoms with Gasteiger partial charge in [0, 0.05) is 12.4 Å². The third-order valence-corrected chi connectivity index (χ3v) is 3.07. The Bertz CT molecular complexity index is 707. The van der Waals surface area contributed by atoms with Gasteiger partial charge in [-0.25, -0.2) is 9.59 Å². The van der Waals surface area contributed by atoms with Crippen molar-refractivity contribution in [3.63, 3.8) is 0 Å². The predicted octanol–water partition coefficient (Wildman–Crippen LogP) is 2.92. The van der Waals surface area contributed by atoms with E-state index in [1.54, 1.807) is 29.8 Å². The standard InChI is InChI=1S/C16H19NO4/c1-16(2,3)21-14(18)11-8-6-7-10-9-12(15(19)20-5)17(4)13(10)11/h6-9H,1-5H3. The Morgan fingerprint density at radius 1 is 1.14 bits per heavy atom. The van der Waals surface area contributed by atoms with Crippen LogP contribution in [0.25, 0.3) is 10.9 Å². The van der Waals surface area contributed by atoms with Crippen molar-refractivity contribution in [2.75, 3.05) is 7.11 Å². The van der Waals surface area contributed by atoms with Crippen LogP contribution in [0.2, 0.25) is 0 Å². The Labute approximate surface area is 123 Å². The van der Waals surface area contributed by atoms with Gasteiger partial charge in [0.2, 0.25) is 0 Å². The molecule has 0 spiro atoms. The molecule has 0 bridgehead atoms. The molecule has 2 rings (SSSR count). The van der Waals surface area contributed by atoms with Gasteiger partial charge < -0.3 is 14.0 Å². The summed E-state index contributed by atoms with van der Waals surface area (Å²) < 4.78 is 11.8. The highest BCUT2D eigenvalue weighted by atomic mass is 16.6. The molecule has 0 atom stereocenters. The number of rotatable bonds is 2. The molecule has 0 aliphatic rings. The van der Waals surface area contributed by atoms with Crippen molar-refractivity contribution in [1.82, 2.24) is 4.57 Å². The van der Waals surface area contributed by atoms with Crippen LogP contribution < -0.4 is 0 Å². The molecule has 0 unspecified atom stereocenters.